The minimum Gasteiger partial charge on any atom is -0.462 e. The summed E-state index contributed by atoms with van der Waals surface area (Å²) in [7, 11) is 0. The third kappa shape index (κ3) is 8.14. The van der Waals surface area contributed by atoms with Crippen molar-refractivity contribution < 1.29 is 29.3 Å². The summed E-state index contributed by atoms with van der Waals surface area (Å²) >= 11 is 0. The van der Waals surface area contributed by atoms with Crippen molar-refractivity contribution in [2.75, 3.05) is 0 Å². The molecule has 1 rings (SSSR count). The number of hydrogen-bond donors (Lipinski definition) is 2. The lowest BCUT2D eigenvalue weighted by molar-refractivity contribution is -0.145. The number of esters is 2. The van der Waals surface area contributed by atoms with Crippen LogP contribution in [-0.4, -0.2) is 46.6 Å². The maximum absolute atomic E-state index is 11.6. The fourth-order valence-corrected chi connectivity index (χ4v) is 2.20. The molecule has 22 heavy (non-hydrogen) atoms. The van der Waals surface area contributed by atoms with Crippen molar-refractivity contribution in [1.29, 1.82) is 0 Å². The van der Waals surface area contributed by atoms with Gasteiger partial charge in [0.2, 0.25) is 0 Å². The highest BCUT2D eigenvalue weighted by atomic mass is 16.6. The lowest BCUT2D eigenvalue weighted by Gasteiger charge is -2.14. The first-order chi connectivity index (χ1) is 10.4. The quantitative estimate of drug-likeness (QED) is 0.495. The molecule has 4 atom stereocenters. The SMILES string of the molecule is CC(O)CCC(O)C=CC(=O)OC(C)CCC1CCC(=O)O1. The van der Waals surface area contributed by atoms with E-state index in [0.717, 1.165) is 6.42 Å². The molecular weight excluding hydrogens is 288 g/mol. The zero-order chi connectivity index (χ0) is 16.5. The Morgan fingerprint density at radius 3 is 2.68 bits per heavy atom. The maximum atomic E-state index is 11.6. The Hall–Kier alpha value is -1.40. The van der Waals surface area contributed by atoms with Gasteiger partial charge in [0.1, 0.15) is 6.10 Å². The second-order valence-corrected chi connectivity index (χ2v) is 5.83. The van der Waals surface area contributed by atoms with Crippen molar-refractivity contribution in [3.8, 4) is 0 Å². The van der Waals surface area contributed by atoms with Crippen LogP contribution < -0.4 is 0 Å². The van der Waals surface area contributed by atoms with E-state index in [9.17, 15) is 14.7 Å². The first kappa shape index (κ1) is 18.6. The standard InChI is InChI=1S/C16H26O6/c1-11(17)3-5-13(18)6-9-15(19)21-12(2)4-7-14-8-10-16(20)22-14/h6,9,11-14,17-18H,3-5,7-8,10H2,1-2H3. The topological polar surface area (TPSA) is 93.1 Å². The summed E-state index contributed by atoms with van der Waals surface area (Å²) in [6, 6.07) is 0. The van der Waals surface area contributed by atoms with Gasteiger partial charge in [0.15, 0.2) is 0 Å². The number of cyclic esters (lactones) is 1. The molecule has 1 aliphatic heterocycles. The fraction of sp³-hybridized carbons (Fsp3) is 0.750. The van der Waals surface area contributed by atoms with Crippen LogP contribution in [0.5, 0.6) is 0 Å². The van der Waals surface area contributed by atoms with Crippen LogP contribution in [0.3, 0.4) is 0 Å². The predicted molar refractivity (Wildman–Crippen MR) is 80.0 cm³/mol. The smallest absolute Gasteiger partial charge is 0.330 e. The van der Waals surface area contributed by atoms with Gasteiger partial charge in [0.25, 0.3) is 0 Å². The summed E-state index contributed by atoms with van der Waals surface area (Å²) in [5.41, 5.74) is 0. The number of hydrogen-bond acceptors (Lipinski definition) is 6. The molecule has 126 valence electrons. The van der Waals surface area contributed by atoms with E-state index >= 15 is 0 Å². The number of aliphatic hydroxyl groups is 2. The second kappa shape index (κ2) is 9.58. The largest absolute Gasteiger partial charge is 0.462 e. The van der Waals surface area contributed by atoms with E-state index in [1.807, 2.05) is 0 Å². The van der Waals surface area contributed by atoms with E-state index in [4.69, 9.17) is 14.6 Å². The number of rotatable bonds is 9. The van der Waals surface area contributed by atoms with E-state index in [0.29, 0.717) is 32.1 Å². The predicted octanol–water partition coefficient (Wildman–Crippen LogP) is 1.48. The Morgan fingerprint density at radius 2 is 2.09 bits per heavy atom. The summed E-state index contributed by atoms with van der Waals surface area (Å²) in [5, 5.41) is 18.7. The van der Waals surface area contributed by atoms with Gasteiger partial charge in [-0.05, 0) is 52.0 Å². The number of carbonyl (C=O) groups excluding carboxylic acids is 2. The van der Waals surface area contributed by atoms with Crippen LogP contribution in [0.1, 0.15) is 52.4 Å². The summed E-state index contributed by atoms with van der Waals surface area (Å²) < 4.78 is 10.3. The number of ether oxygens (including phenoxy) is 2. The van der Waals surface area contributed by atoms with Crippen molar-refractivity contribution in [2.45, 2.75) is 76.8 Å². The van der Waals surface area contributed by atoms with Gasteiger partial charge < -0.3 is 19.7 Å². The molecule has 0 aromatic rings. The maximum Gasteiger partial charge on any atom is 0.330 e. The number of aliphatic hydroxyl groups excluding tert-OH is 2. The molecule has 1 fully saturated rings. The summed E-state index contributed by atoms with van der Waals surface area (Å²) in [6.07, 6.45) is 4.37. The van der Waals surface area contributed by atoms with Crippen LogP contribution >= 0.6 is 0 Å². The van der Waals surface area contributed by atoms with E-state index < -0.39 is 18.2 Å². The zero-order valence-electron chi connectivity index (χ0n) is 13.2. The van der Waals surface area contributed by atoms with Gasteiger partial charge in [-0.15, -0.1) is 0 Å². The molecule has 0 spiro atoms. The van der Waals surface area contributed by atoms with Crippen LogP contribution in [-0.2, 0) is 19.1 Å². The van der Waals surface area contributed by atoms with Crippen molar-refractivity contribution in [2.24, 2.45) is 0 Å². The fourth-order valence-electron chi connectivity index (χ4n) is 2.20. The minimum atomic E-state index is -0.768. The first-order valence-electron chi connectivity index (χ1n) is 7.81. The summed E-state index contributed by atoms with van der Waals surface area (Å²) in [4.78, 5) is 22.6. The third-order valence-corrected chi connectivity index (χ3v) is 3.52. The zero-order valence-corrected chi connectivity index (χ0v) is 13.2. The highest BCUT2D eigenvalue weighted by Gasteiger charge is 2.23. The van der Waals surface area contributed by atoms with E-state index in [1.54, 1.807) is 13.8 Å². The number of carbonyl (C=O) groups is 2. The highest BCUT2D eigenvalue weighted by molar-refractivity contribution is 5.82. The van der Waals surface area contributed by atoms with E-state index in [2.05, 4.69) is 0 Å². The second-order valence-electron chi connectivity index (χ2n) is 5.83. The molecular formula is C16H26O6. The lowest BCUT2D eigenvalue weighted by Crippen LogP contribution is -2.17. The molecule has 6 nitrogen and oxygen atoms in total. The molecule has 0 aromatic carbocycles. The average Bonchev–Trinajstić information content (AvgIpc) is 2.86. The van der Waals surface area contributed by atoms with Crippen LogP contribution in [0.4, 0.5) is 0 Å². The van der Waals surface area contributed by atoms with E-state index in [1.165, 1.54) is 12.2 Å². The Labute approximate surface area is 131 Å². The molecule has 4 unspecified atom stereocenters. The molecule has 6 heteroatoms. The van der Waals surface area contributed by atoms with Gasteiger partial charge in [0, 0.05) is 12.5 Å². The molecule has 0 bridgehead atoms. The molecule has 1 saturated heterocycles. The van der Waals surface area contributed by atoms with Gasteiger partial charge in [-0.1, -0.05) is 0 Å². The van der Waals surface area contributed by atoms with Gasteiger partial charge in [-0.2, -0.15) is 0 Å². The van der Waals surface area contributed by atoms with Crippen molar-refractivity contribution in [3.63, 3.8) is 0 Å². The Kier molecular flexibility index (Phi) is 8.12. The highest BCUT2D eigenvalue weighted by Crippen LogP contribution is 2.19. The molecule has 1 heterocycles. The van der Waals surface area contributed by atoms with E-state index in [-0.39, 0.29) is 18.2 Å². The Balaban J connectivity index is 2.18. The monoisotopic (exact) mass is 314 g/mol. The van der Waals surface area contributed by atoms with Gasteiger partial charge in [-0.3, -0.25) is 4.79 Å². The van der Waals surface area contributed by atoms with Crippen molar-refractivity contribution in [3.05, 3.63) is 12.2 Å². The Bertz CT molecular complexity index is 390. The van der Waals surface area contributed by atoms with Gasteiger partial charge in [-0.25, -0.2) is 4.79 Å². The average molecular weight is 314 g/mol. The molecule has 0 radical (unpaired) electrons. The molecule has 0 amide bonds. The Morgan fingerprint density at radius 1 is 1.36 bits per heavy atom. The van der Waals surface area contributed by atoms with Gasteiger partial charge >= 0.3 is 11.9 Å². The summed E-state index contributed by atoms with van der Waals surface area (Å²) in [6.45, 7) is 3.43. The normalized spacial score (nSPS) is 22.4. The van der Waals surface area contributed by atoms with Crippen LogP contribution in [0, 0.1) is 0 Å². The van der Waals surface area contributed by atoms with Crippen LogP contribution in [0.25, 0.3) is 0 Å². The minimum absolute atomic E-state index is 0.0634. The molecule has 0 aliphatic carbocycles. The summed E-state index contributed by atoms with van der Waals surface area (Å²) in [5.74, 6) is -0.671. The van der Waals surface area contributed by atoms with Crippen LogP contribution in [0.15, 0.2) is 12.2 Å². The van der Waals surface area contributed by atoms with Gasteiger partial charge in [0.05, 0.1) is 18.3 Å². The lowest BCUT2D eigenvalue weighted by atomic mass is 10.1. The first-order valence-corrected chi connectivity index (χ1v) is 7.81. The molecule has 1 aliphatic rings. The van der Waals surface area contributed by atoms with Crippen molar-refractivity contribution >= 4 is 11.9 Å². The third-order valence-electron chi connectivity index (χ3n) is 3.52. The molecule has 0 aromatic heterocycles. The molecule has 2 N–H and O–H groups in total. The van der Waals surface area contributed by atoms with Crippen LogP contribution in [0.2, 0.25) is 0 Å². The van der Waals surface area contributed by atoms with Crippen molar-refractivity contribution in [1.82, 2.24) is 0 Å². The molecule has 0 saturated carbocycles.